The first-order chi connectivity index (χ1) is 8.96. The van der Waals surface area contributed by atoms with Gasteiger partial charge in [-0.1, -0.05) is 0 Å². The fraction of sp³-hybridized carbons (Fsp3) is 0.900. The van der Waals surface area contributed by atoms with Crippen LogP contribution in [-0.2, 0) is 24.5 Å². The maximum absolute atomic E-state index is 12.2. The molecule has 2 aliphatic rings. The number of morpholine rings is 1. The first-order valence-electron chi connectivity index (χ1n) is 6.14. The molecule has 0 aromatic carbocycles. The van der Waals surface area contributed by atoms with Gasteiger partial charge in [-0.15, -0.1) is 0 Å². The molecule has 110 valence electrons. The SMILES string of the molecule is O=C(O)C1(NS(=O)(=O)N2CCOCC2)CCOCC1. The number of carbonyl (C=O) groups is 1. The van der Waals surface area contributed by atoms with Crippen molar-refractivity contribution in [2.24, 2.45) is 0 Å². The van der Waals surface area contributed by atoms with Gasteiger partial charge in [0, 0.05) is 39.1 Å². The third-order valence-electron chi connectivity index (χ3n) is 3.39. The van der Waals surface area contributed by atoms with E-state index in [1.165, 1.54) is 4.31 Å². The van der Waals surface area contributed by atoms with Gasteiger partial charge in [-0.25, -0.2) is 0 Å². The van der Waals surface area contributed by atoms with Crippen molar-refractivity contribution >= 4 is 16.2 Å². The van der Waals surface area contributed by atoms with E-state index < -0.39 is 21.7 Å². The Balaban J connectivity index is 2.13. The van der Waals surface area contributed by atoms with E-state index in [1.807, 2.05) is 0 Å². The molecule has 0 atom stereocenters. The van der Waals surface area contributed by atoms with Gasteiger partial charge in [0.2, 0.25) is 0 Å². The summed E-state index contributed by atoms with van der Waals surface area (Å²) in [6.07, 6.45) is 0.262. The average Bonchev–Trinajstić information content (AvgIpc) is 2.40. The van der Waals surface area contributed by atoms with Crippen LogP contribution in [0, 0.1) is 0 Å². The normalized spacial score (nSPS) is 25.1. The second kappa shape index (κ2) is 5.71. The maximum Gasteiger partial charge on any atom is 0.325 e. The molecular formula is C10H18N2O6S. The highest BCUT2D eigenvalue weighted by atomic mass is 32.2. The predicted octanol–water partition coefficient (Wildman–Crippen LogP) is -1.21. The molecule has 0 bridgehead atoms. The zero-order valence-corrected chi connectivity index (χ0v) is 11.3. The number of nitrogens with one attached hydrogen (secondary N) is 1. The van der Waals surface area contributed by atoms with Crippen molar-refractivity contribution in [3.05, 3.63) is 0 Å². The summed E-state index contributed by atoms with van der Waals surface area (Å²) >= 11 is 0. The number of hydrogen-bond acceptors (Lipinski definition) is 5. The average molecular weight is 294 g/mol. The summed E-state index contributed by atoms with van der Waals surface area (Å²) < 4.78 is 38.2. The monoisotopic (exact) mass is 294 g/mol. The van der Waals surface area contributed by atoms with Crippen LogP contribution < -0.4 is 4.72 Å². The van der Waals surface area contributed by atoms with Crippen molar-refractivity contribution in [3.8, 4) is 0 Å². The molecule has 0 aromatic heterocycles. The van der Waals surface area contributed by atoms with Crippen molar-refractivity contribution in [2.75, 3.05) is 39.5 Å². The van der Waals surface area contributed by atoms with Gasteiger partial charge in [-0.2, -0.15) is 17.4 Å². The highest BCUT2D eigenvalue weighted by Gasteiger charge is 2.45. The first-order valence-corrected chi connectivity index (χ1v) is 7.58. The zero-order valence-electron chi connectivity index (χ0n) is 10.5. The number of nitrogens with zero attached hydrogens (tertiary/aromatic N) is 1. The van der Waals surface area contributed by atoms with Crippen LogP contribution in [-0.4, -0.2) is 68.9 Å². The van der Waals surface area contributed by atoms with E-state index in [1.54, 1.807) is 0 Å². The van der Waals surface area contributed by atoms with E-state index in [0.29, 0.717) is 13.2 Å². The van der Waals surface area contributed by atoms with Gasteiger partial charge in [0.05, 0.1) is 13.2 Å². The summed E-state index contributed by atoms with van der Waals surface area (Å²) in [6, 6.07) is 0. The van der Waals surface area contributed by atoms with Crippen molar-refractivity contribution in [2.45, 2.75) is 18.4 Å². The second-order valence-electron chi connectivity index (χ2n) is 4.62. The Kier molecular flexibility index (Phi) is 4.41. The number of hydrogen-bond donors (Lipinski definition) is 2. The van der Waals surface area contributed by atoms with Gasteiger partial charge in [-0.3, -0.25) is 4.79 Å². The molecule has 0 amide bonds. The number of rotatable bonds is 4. The maximum atomic E-state index is 12.2. The number of carboxylic acid groups (broad SMARTS) is 1. The van der Waals surface area contributed by atoms with Crippen LogP contribution in [0.25, 0.3) is 0 Å². The molecule has 2 saturated heterocycles. The quantitative estimate of drug-likeness (QED) is 0.674. The Morgan fingerprint density at radius 2 is 1.63 bits per heavy atom. The number of carboxylic acids is 1. The van der Waals surface area contributed by atoms with Gasteiger partial charge in [0.15, 0.2) is 0 Å². The summed E-state index contributed by atoms with van der Waals surface area (Å²) in [5, 5.41) is 9.32. The van der Waals surface area contributed by atoms with E-state index in [4.69, 9.17) is 9.47 Å². The molecule has 0 spiro atoms. The van der Waals surface area contributed by atoms with Crippen molar-refractivity contribution in [1.29, 1.82) is 0 Å². The molecule has 2 aliphatic heterocycles. The Morgan fingerprint density at radius 1 is 1.11 bits per heavy atom. The van der Waals surface area contributed by atoms with E-state index in [0.717, 1.165) is 0 Å². The minimum Gasteiger partial charge on any atom is -0.480 e. The molecule has 9 heteroatoms. The Morgan fingerprint density at radius 3 is 2.16 bits per heavy atom. The van der Waals surface area contributed by atoms with Crippen LogP contribution in [0.2, 0.25) is 0 Å². The largest absolute Gasteiger partial charge is 0.480 e. The lowest BCUT2D eigenvalue weighted by molar-refractivity contribution is -0.148. The Hall–Kier alpha value is -0.740. The molecule has 19 heavy (non-hydrogen) atoms. The highest BCUT2D eigenvalue weighted by molar-refractivity contribution is 7.87. The molecule has 2 fully saturated rings. The van der Waals surface area contributed by atoms with Gasteiger partial charge >= 0.3 is 5.97 Å². The zero-order chi connectivity index (χ0) is 13.9. The molecule has 8 nitrogen and oxygen atoms in total. The van der Waals surface area contributed by atoms with Crippen LogP contribution in [0.5, 0.6) is 0 Å². The van der Waals surface area contributed by atoms with Crippen LogP contribution in [0.4, 0.5) is 0 Å². The van der Waals surface area contributed by atoms with Crippen LogP contribution >= 0.6 is 0 Å². The summed E-state index contributed by atoms with van der Waals surface area (Å²) in [6.45, 7) is 1.59. The summed E-state index contributed by atoms with van der Waals surface area (Å²) in [5.41, 5.74) is -1.46. The topological polar surface area (TPSA) is 105 Å². The van der Waals surface area contributed by atoms with Crippen LogP contribution in [0.3, 0.4) is 0 Å². The van der Waals surface area contributed by atoms with Crippen LogP contribution in [0.1, 0.15) is 12.8 Å². The third kappa shape index (κ3) is 3.23. The fourth-order valence-electron chi connectivity index (χ4n) is 2.18. The molecule has 0 saturated carbocycles. The minimum atomic E-state index is -3.82. The van der Waals surface area contributed by atoms with E-state index in [9.17, 15) is 18.3 Å². The van der Waals surface area contributed by atoms with Gasteiger partial charge in [-0.05, 0) is 0 Å². The van der Waals surface area contributed by atoms with E-state index in [-0.39, 0.29) is 39.1 Å². The highest BCUT2D eigenvalue weighted by Crippen LogP contribution is 2.23. The Bertz CT molecular complexity index is 425. The molecule has 0 radical (unpaired) electrons. The lowest BCUT2D eigenvalue weighted by Crippen LogP contribution is -2.61. The third-order valence-corrected chi connectivity index (χ3v) is 5.08. The van der Waals surface area contributed by atoms with Crippen molar-refractivity contribution in [1.82, 2.24) is 9.03 Å². The molecule has 0 aliphatic carbocycles. The molecule has 2 N–H and O–H groups in total. The second-order valence-corrected chi connectivity index (χ2v) is 6.29. The molecule has 2 heterocycles. The van der Waals surface area contributed by atoms with Gasteiger partial charge in [0.25, 0.3) is 10.2 Å². The fourth-order valence-corrected chi connectivity index (χ4v) is 3.72. The van der Waals surface area contributed by atoms with Crippen molar-refractivity contribution in [3.63, 3.8) is 0 Å². The van der Waals surface area contributed by atoms with E-state index >= 15 is 0 Å². The molecule has 0 unspecified atom stereocenters. The van der Waals surface area contributed by atoms with Gasteiger partial charge < -0.3 is 14.6 Å². The summed E-state index contributed by atoms with van der Waals surface area (Å²) in [4.78, 5) is 11.4. The standard InChI is InChI=1S/C10H18N2O6S/c13-9(14)10(1-5-17-6-2-10)11-19(15,16)12-3-7-18-8-4-12/h11H,1-8H2,(H,13,14). The van der Waals surface area contributed by atoms with E-state index in [2.05, 4.69) is 4.72 Å². The van der Waals surface area contributed by atoms with Crippen LogP contribution in [0.15, 0.2) is 0 Å². The molecular weight excluding hydrogens is 276 g/mol. The Labute approximate surface area is 111 Å². The predicted molar refractivity (Wildman–Crippen MR) is 64.9 cm³/mol. The number of ether oxygens (including phenoxy) is 2. The van der Waals surface area contributed by atoms with Crippen molar-refractivity contribution < 1.29 is 27.8 Å². The smallest absolute Gasteiger partial charge is 0.325 e. The summed E-state index contributed by atoms with van der Waals surface area (Å²) in [7, 11) is -3.82. The first kappa shape index (κ1) is 14.7. The van der Waals surface area contributed by atoms with Gasteiger partial charge in [0.1, 0.15) is 5.54 Å². The lowest BCUT2D eigenvalue weighted by Gasteiger charge is -2.36. The lowest BCUT2D eigenvalue weighted by atomic mass is 9.92. The minimum absolute atomic E-state index is 0.131. The molecule has 0 aromatic rings. The molecule has 2 rings (SSSR count). The number of aliphatic carboxylic acids is 1. The summed E-state index contributed by atoms with van der Waals surface area (Å²) in [5.74, 6) is -1.16.